The number of nitrogens with one attached hydrogen (secondary N) is 1. The number of hydrogen-bond acceptors (Lipinski definition) is 5. The van der Waals surface area contributed by atoms with Gasteiger partial charge in [0.25, 0.3) is 5.91 Å². The summed E-state index contributed by atoms with van der Waals surface area (Å²) in [6, 6.07) is 8.24. The van der Waals surface area contributed by atoms with Crippen LogP contribution >= 0.6 is 0 Å². The van der Waals surface area contributed by atoms with Crippen LogP contribution in [0, 0.1) is 5.82 Å². The third kappa shape index (κ3) is 3.71. The number of methoxy groups -OCH3 is 1. The summed E-state index contributed by atoms with van der Waals surface area (Å²) in [5, 5.41) is 11.1. The molecule has 0 saturated heterocycles. The Bertz CT molecular complexity index is 1050. The van der Waals surface area contributed by atoms with Crippen LogP contribution < -0.4 is 20.5 Å². The third-order valence-corrected chi connectivity index (χ3v) is 3.70. The van der Waals surface area contributed by atoms with E-state index in [0.717, 1.165) is 6.07 Å². The molecule has 27 heavy (non-hydrogen) atoms. The molecule has 0 unspecified atom stereocenters. The summed E-state index contributed by atoms with van der Waals surface area (Å²) in [5.41, 5.74) is 5.81. The second kappa shape index (κ2) is 7.16. The van der Waals surface area contributed by atoms with Crippen molar-refractivity contribution in [2.24, 2.45) is 5.73 Å². The number of anilines is 1. The van der Waals surface area contributed by atoms with Crippen LogP contribution in [-0.4, -0.2) is 29.2 Å². The molecular formula is C18H14FN3O5. The Morgan fingerprint density at radius 1 is 1.19 bits per heavy atom. The quantitative estimate of drug-likeness (QED) is 0.632. The smallest absolute Gasteiger partial charge is 0.409 e. The van der Waals surface area contributed by atoms with Crippen LogP contribution in [0.4, 0.5) is 14.9 Å². The first kappa shape index (κ1) is 17.9. The molecule has 0 saturated carbocycles. The number of fused-ring (bicyclic) bond motifs is 1. The number of rotatable bonds is 5. The Hall–Kier alpha value is -3.88. The minimum atomic E-state index is -1.38. The SMILES string of the molecule is COc1cc2nccc(Oc3ccc(NC(=O)O)c(F)c3)c2cc1C(N)=O. The number of amides is 2. The fourth-order valence-corrected chi connectivity index (χ4v) is 2.50. The topological polar surface area (TPSA) is 124 Å². The van der Waals surface area contributed by atoms with E-state index in [2.05, 4.69) is 4.98 Å². The summed E-state index contributed by atoms with van der Waals surface area (Å²) in [7, 11) is 1.41. The van der Waals surface area contributed by atoms with E-state index in [0.29, 0.717) is 16.7 Å². The van der Waals surface area contributed by atoms with Gasteiger partial charge in [0.15, 0.2) is 5.82 Å². The molecule has 0 aliphatic carbocycles. The summed E-state index contributed by atoms with van der Waals surface area (Å²) >= 11 is 0. The zero-order valence-electron chi connectivity index (χ0n) is 14.0. The molecule has 1 heterocycles. The molecule has 9 heteroatoms. The highest BCUT2D eigenvalue weighted by molar-refractivity contribution is 6.01. The maximum Gasteiger partial charge on any atom is 0.409 e. The van der Waals surface area contributed by atoms with Crippen LogP contribution in [0.3, 0.4) is 0 Å². The lowest BCUT2D eigenvalue weighted by molar-refractivity contribution is 0.0997. The molecule has 2 aromatic carbocycles. The third-order valence-electron chi connectivity index (χ3n) is 3.70. The molecule has 138 valence electrons. The Kier molecular flexibility index (Phi) is 4.75. The first-order chi connectivity index (χ1) is 12.9. The second-order valence-corrected chi connectivity index (χ2v) is 5.42. The zero-order chi connectivity index (χ0) is 19.6. The first-order valence-corrected chi connectivity index (χ1v) is 7.63. The van der Waals surface area contributed by atoms with Gasteiger partial charge in [-0.05, 0) is 24.3 Å². The minimum Gasteiger partial charge on any atom is -0.496 e. The number of aromatic nitrogens is 1. The van der Waals surface area contributed by atoms with E-state index in [1.54, 1.807) is 12.1 Å². The summed E-state index contributed by atoms with van der Waals surface area (Å²) in [5.74, 6) is -0.767. The number of nitrogens with two attached hydrogens (primary N) is 1. The van der Waals surface area contributed by atoms with Gasteiger partial charge in [0.05, 0.1) is 23.9 Å². The summed E-state index contributed by atoms with van der Waals surface area (Å²) < 4.78 is 24.8. The number of benzene rings is 2. The lowest BCUT2D eigenvalue weighted by atomic mass is 10.1. The standard InChI is InChI=1S/C18H14FN3O5/c1-26-16-8-14-10(7-11(16)17(20)23)15(4-5-21-14)27-9-2-3-13(12(19)6-9)22-18(24)25/h2-8,22H,1H3,(H2,20,23)(H,24,25). The average molecular weight is 371 g/mol. The van der Waals surface area contributed by atoms with Crippen LogP contribution in [0.5, 0.6) is 17.2 Å². The molecule has 3 rings (SSSR count). The van der Waals surface area contributed by atoms with Crippen LogP contribution in [-0.2, 0) is 0 Å². The van der Waals surface area contributed by atoms with Crippen LogP contribution in [0.25, 0.3) is 10.9 Å². The van der Waals surface area contributed by atoms with Crippen molar-refractivity contribution in [2.75, 3.05) is 12.4 Å². The van der Waals surface area contributed by atoms with Crippen molar-refractivity contribution in [2.45, 2.75) is 0 Å². The zero-order valence-corrected chi connectivity index (χ0v) is 14.0. The van der Waals surface area contributed by atoms with E-state index < -0.39 is 17.8 Å². The number of carbonyl (C=O) groups is 2. The van der Waals surface area contributed by atoms with Gasteiger partial charge in [0, 0.05) is 23.7 Å². The van der Waals surface area contributed by atoms with Gasteiger partial charge >= 0.3 is 6.09 Å². The van der Waals surface area contributed by atoms with Crippen LogP contribution in [0.1, 0.15) is 10.4 Å². The molecule has 4 N–H and O–H groups in total. The van der Waals surface area contributed by atoms with Gasteiger partial charge in [0.1, 0.15) is 17.2 Å². The van der Waals surface area contributed by atoms with E-state index in [1.807, 2.05) is 5.32 Å². The molecule has 0 radical (unpaired) electrons. The molecule has 0 atom stereocenters. The highest BCUT2D eigenvalue weighted by Crippen LogP contribution is 2.33. The van der Waals surface area contributed by atoms with Crippen molar-refractivity contribution < 1.29 is 28.6 Å². The lowest BCUT2D eigenvalue weighted by Gasteiger charge is -2.12. The molecule has 0 bridgehead atoms. The Labute approximate surface area is 152 Å². The van der Waals surface area contributed by atoms with Gasteiger partial charge in [0.2, 0.25) is 0 Å². The minimum absolute atomic E-state index is 0.132. The van der Waals surface area contributed by atoms with Crippen molar-refractivity contribution in [3.63, 3.8) is 0 Å². The molecule has 0 fully saturated rings. The highest BCUT2D eigenvalue weighted by Gasteiger charge is 2.15. The fraction of sp³-hybridized carbons (Fsp3) is 0.0556. The van der Waals surface area contributed by atoms with E-state index >= 15 is 0 Å². The fourth-order valence-electron chi connectivity index (χ4n) is 2.50. The average Bonchev–Trinajstić information content (AvgIpc) is 2.62. The summed E-state index contributed by atoms with van der Waals surface area (Å²) in [6.07, 6.45) is 0.105. The van der Waals surface area contributed by atoms with Crippen LogP contribution in [0.15, 0.2) is 42.6 Å². The van der Waals surface area contributed by atoms with Gasteiger partial charge in [-0.15, -0.1) is 0 Å². The van der Waals surface area contributed by atoms with Crippen molar-refractivity contribution in [1.29, 1.82) is 0 Å². The summed E-state index contributed by atoms with van der Waals surface area (Å²) in [6.45, 7) is 0. The maximum absolute atomic E-state index is 14.0. The Morgan fingerprint density at radius 2 is 1.96 bits per heavy atom. The molecule has 0 aliphatic heterocycles. The normalized spacial score (nSPS) is 10.4. The monoisotopic (exact) mass is 371 g/mol. The second-order valence-electron chi connectivity index (χ2n) is 5.42. The predicted octanol–water partition coefficient (Wildman–Crippen LogP) is 3.36. The highest BCUT2D eigenvalue weighted by atomic mass is 19.1. The van der Waals surface area contributed by atoms with E-state index in [-0.39, 0.29) is 22.7 Å². The Balaban J connectivity index is 2.02. The number of carbonyl (C=O) groups excluding carboxylic acids is 1. The van der Waals surface area contributed by atoms with Crippen molar-refractivity contribution in [1.82, 2.24) is 4.98 Å². The number of carboxylic acid groups (broad SMARTS) is 1. The van der Waals surface area contributed by atoms with E-state index in [4.69, 9.17) is 20.3 Å². The maximum atomic E-state index is 14.0. The van der Waals surface area contributed by atoms with E-state index in [9.17, 15) is 14.0 Å². The lowest BCUT2D eigenvalue weighted by Crippen LogP contribution is -2.12. The molecule has 1 aromatic heterocycles. The predicted molar refractivity (Wildman–Crippen MR) is 94.9 cm³/mol. The first-order valence-electron chi connectivity index (χ1n) is 7.63. The molecule has 3 aromatic rings. The largest absolute Gasteiger partial charge is 0.496 e. The molecule has 2 amide bonds. The molecule has 0 aliphatic rings. The van der Waals surface area contributed by atoms with Gasteiger partial charge < -0.3 is 20.3 Å². The number of pyridine rings is 1. The van der Waals surface area contributed by atoms with Gasteiger partial charge in [-0.1, -0.05) is 0 Å². The van der Waals surface area contributed by atoms with Crippen molar-refractivity contribution in [3.05, 3.63) is 54.0 Å². The van der Waals surface area contributed by atoms with Gasteiger partial charge in [-0.3, -0.25) is 15.1 Å². The van der Waals surface area contributed by atoms with Gasteiger partial charge in [-0.25, -0.2) is 9.18 Å². The van der Waals surface area contributed by atoms with Gasteiger partial charge in [-0.2, -0.15) is 0 Å². The molecular weight excluding hydrogens is 357 g/mol. The number of primary amides is 1. The number of halogens is 1. The summed E-state index contributed by atoms with van der Waals surface area (Å²) in [4.78, 5) is 26.5. The van der Waals surface area contributed by atoms with Crippen LogP contribution in [0.2, 0.25) is 0 Å². The van der Waals surface area contributed by atoms with Crippen molar-refractivity contribution in [3.8, 4) is 17.2 Å². The number of nitrogens with zero attached hydrogens (tertiary/aromatic N) is 1. The molecule has 0 spiro atoms. The van der Waals surface area contributed by atoms with Crippen molar-refractivity contribution >= 4 is 28.6 Å². The number of ether oxygens (including phenoxy) is 2. The number of hydrogen-bond donors (Lipinski definition) is 3. The Morgan fingerprint density at radius 3 is 2.59 bits per heavy atom. The molecule has 8 nitrogen and oxygen atoms in total. The van der Waals surface area contributed by atoms with E-state index in [1.165, 1.54) is 31.5 Å².